The van der Waals surface area contributed by atoms with Crippen molar-refractivity contribution in [1.29, 1.82) is 0 Å². The Morgan fingerprint density at radius 3 is 2.54 bits per heavy atom. The molecule has 3 rings (SSSR count). The van der Waals surface area contributed by atoms with Gasteiger partial charge in [-0.05, 0) is 30.5 Å². The zero-order valence-corrected chi connectivity index (χ0v) is 14.4. The number of nitrogens with zero attached hydrogens (tertiary/aromatic N) is 1. The summed E-state index contributed by atoms with van der Waals surface area (Å²) in [5.41, 5.74) is 7.76. The minimum absolute atomic E-state index is 0. The number of rotatable bonds is 5. The number of amides is 1. The van der Waals surface area contributed by atoms with Crippen molar-refractivity contribution in [3.8, 4) is 16.9 Å². The van der Waals surface area contributed by atoms with Crippen LogP contribution in [-0.4, -0.2) is 37.0 Å². The third-order valence-electron chi connectivity index (χ3n) is 4.29. The van der Waals surface area contributed by atoms with Crippen molar-refractivity contribution in [3.63, 3.8) is 0 Å². The molecule has 0 bridgehead atoms. The first-order valence-corrected chi connectivity index (χ1v) is 8.03. The fourth-order valence-electron chi connectivity index (χ4n) is 2.93. The zero-order valence-electron chi connectivity index (χ0n) is 13.6. The van der Waals surface area contributed by atoms with Gasteiger partial charge >= 0.3 is 0 Å². The average molecular weight is 347 g/mol. The molecule has 5 heteroatoms. The molecule has 1 aliphatic heterocycles. The molecule has 4 nitrogen and oxygen atoms in total. The first-order valence-electron chi connectivity index (χ1n) is 8.03. The van der Waals surface area contributed by atoms with Crippen LogP contribution < -0.4 is 10.5 Å². The highest BCUT2D eigenvalue weighted by Crippen LogP contribution is 2.29. The van der Waals surface area contributed by atoms with E-state index in [1.807, 2.05) is 59.5 Å². The van der Waals surface area contributed by atoms with Gasteiger partial charge < -0.3 is 15.4 Å². The monoisotopic (exact) mass is 346 g/mol. The smallest absolute Gasteiger partial charge is 0.260 e. The SMILES string of the molecule is Cl.NCC1CCN(C(=O)COc2ccccc2-c2ccccc2)C1. The molecule has 1 atom stereocenters. The Kier molecular flexibility index (Phi) is 6.64. The molecule has 2 N–H and O–H groups in total. The summed E-state index contributed by atoms with van der Waals surface area (Å²) >= 11 is 0. The van der Waals surface area contributed by atoms with E-state index in [9.17, 15) is 4.79 Å². The van der Waals surface area contributed by atoms with Crippen LogP contribution in [0.3, 0.4) is 0 Å². The van der Waals surface area contributed by atoms with Crippen molar-refractivity contribution in [2.75, 3.05) is 26.2 Å². The molecule has 128 valence electrons. The van der Waals surface area contributed by atoms with E-state index in [0.29, 0.717) is 12.5 Å². The van der Waals surface area contributed by atoms with Crippen LogP contribution in [-0.2, 0) is 4.79 Å². The molecular weight excluding hydrogens is 324 g/mol. The number of carbonyl (C=O) groups excluding carboxylic acids is 1. The number of hydrogen-bond donors (Lipinski definition) is 1. The molecule has 1 heterocycles. The molecule has 0 radical (unpaired) electrons. The highest BCUT2D eigenvalue weighted by molar-refractivity contribution is 5.85. The Morgan fingerprint density at radius 1 is 1.12 bits per heavy atom. The normalized spacial score (nSPS) is 16.5. The summed E-state index contributed by atoms with van der Waals surface area (Å²) in [6.45, 7) is 2.24. The van der Waals surface area contributed by atoms with Crippen LogP contribution in [0.5, 0.6) is 5.75 Å². The Labute approximate surface area is 149 Å². The van der Waals surface area contributed by atoms with Crippen molar-refractivity contribution < 1.29 is 9.53 Å². The predicted molar refractivity (Wildman–Crippen MR) is 98.4 cm³/mol. The maximum Gasteiger partial charge on any atom is 0.260 e. The van der Waals surface area contributed by atoms with E-state index in [0.717, 1.165) is 36.4 Å². The van der Waals surface area contributed by atoms with Gasteiger partial charge in [0.15, 0.2) is 6.61 Å². The van der Waals surface area contributed by atoms with Crippen molar-refractivity contribution >= 4 is 18.3 Å². The molecule has 1 aliphatic rings. The van der Waals surface area contributed by atoms with E-state index in [1.165, 1.54) is 0 Å². The molecule has 2 aromatic rings. The molecule has 1 amide bonds. The van der Waals surface area contributed by atoms with Gasteiger partial charge in [0.05, 0.1) is 0 Å². The molecule has 0 saturated carbocycles. The standard InChI is InChI=1S/C19H22N2O2.ClH/c20-12-15-10-11-21(13-15)19(22)14-23-18-9-5-4-8-17(18)16-6-2-1-3-7-16;/h1-9,15H,10-14,20H2;1H. The summed E-state index contributed by atoms with van der Waals surface area (Å²) < 4.78 is 5.81. The Bertz CT molecular complexity index is 663. The Balaban J connectivity index is 0.00000208. The lowest BCUT2D eigenvalue weighted by atomic mass is 10.1. The number of halogens is 1. The quantitative estimate of drug-likeness (QED) is 0.905. The fourth-order valence-corrected chi connectivity index (χ4v) is 2.93. The molecule has 0 spiro atoms. The summed E-state index contributed by atoms with van der Waals surface area (Å²) in [6, 6.07) is 17.9. The molecule has 1 unspecified atom stereocenters. The van der Waals surface area contributed by atoms with E-state index in [4.69, 9.17) is 10.5 Å². The van der Waals surface area contributed by atoms with Gasteiger partial charge in [-0.1, -0.05) is 48.5 Å². The second-order valence-corrected chi connectivity index (χ2v) is 5.88. The number of nitrogens with two attached hydrogens (primary N) is 1. The molecule has 0 aromatic heterocycles. The number of benzene rings is 2. The average Bonchev–Trinajstić information content (AvgIpc) is 3.10. The van der Waals surface area contributed by atoms with E-state index < -0.39 is 0 Å². The molecular formula is C19H23ClN2O2. The molecule has 24 heavy (non-hydrogen) atoms. The molecule has 0 aliphatic carbocycles. The largest absolute Gasteiger partial charge is 0.483 e. The van der Waals surface area contributed by atoms with Gasteiger partial charge in [0.25, 0.3) is 5.91 Å². The van der Waals surface area contributed by atoms with E-state index in [2.05, 4.69) is 0 Å². The van der Waals surface area contributed by atoms with Crippen LogP contribution in [0.4, 0.5) is 0 Å². The van der Waals surface area contributed by atoms with Crippen LogP contribution in [0.15, 0.2) is 54.6 Å². The fraction of sp³-hybridized carbons (Fsp3) is 0.316. The van der Waals surface area contributed by atoms with Crippen LogP contribution in [0.2, 0.25) is 0 Å². The van der Waals surface area contributed by atoms with Crippen molar-refractivity contribution in [2.24, 2.45) is 11.7 Å². The maximum atomic E-state index is 12.3. The van der Waals surface area contributed by atoms with Gasteiger partial charge in [0.1, 0.15) is 5.75 Å². The van der Waals surface area contributed by atoms with Gasteiger partial charge in [-0.3, -0.25) is 4.79 Å². The number of likely N-dealkylation sites (tertiary alicyclic amines) is 1. The second-order valence-electron chi connectivity index (χ2n) is 5.88. The zero-order chi connectivity index (χ0) is 16.1. The van der Waals surface area contributed by atoms with Crippen LogP contribution >= 0.6 is 12.4 Å². The highest BCUT2D eigenvalue weighted by atomic mass is 35.5. The number of para-hydroxylation sites is 1. The summed E-state index contributed by atoms with van der Waals surface area (Å²) in [4.78, 5) is 14.1. The van der Waals surface area contributed by atoms with Crippen molar-refractivity contribution in [3.05, 3.63) is 54.6 Å². The van der Waals surface area contributed by atoms with E-state index in [1.54, 1.807) is 0 Å². The van der Waals surface area contributed by atoms with Crippen LogP contribution in [0.1, 0.15) is 6.42 Å². The number of carbonyl (C=O) groups is 1. The van der Waals surface area contributed by atoms with Crippen molar-refractivity contribution in [1.82, 2.24) is 4.90 Å². The highest BCUT2D eigenvalue weighted by Gasteiger charge is 2.25. The Hall–Kier alpha value is -2.04. The summed E-state index contributed by atoms with van der Waals surface area (Å²) in [5.74, 6) is 1.20. The molecule has 2 aromatic carbocycles. The van der Waals surface area contributed by atoms with Crippen LogP contribution in [0.25, 0.3) is 11.1 Å². The third kappa shape index (κ3) is 4.28. The summed E-state index contributed by atoms with van der Waals surface area (Å²) in [7, 11) is 0. The molecule has 1 fully saturated rings. The van der Waals surface area contributed by atoms with Crippen molar-refractivity contribution in [2.45, 2.75) is 6.42 Å². The topological polar surface area (TPSA) is 55.6 Å². The number of hydrogen-bond acceptors (Lipinski definition) is 3. The minimum Gasteiger partial charge on any atom is -0.483 e. The van der Waals surface area contributed by atoms with E-state index in [-0.39, 0.29) is 24.9 Å². The lowest BCUT2D eigenvalue weighted by molar-refractivity contribution is -0.132. The van der Waals surface area contributed by atoms with Gasteiger partial charge in [-0.2, -0.15) is 0 Å². The van der Waals surface area contributed by atoms with Gasteiger partial charge in [0, 0.05) is 18.7 Å². The predicted octanol–water partition coefficient (Wildman–Crippen LogP) is 2.96. The third-order valence-corrected chi connectivity index (χ3v) is 4.29. The number of ether oxygens (including phenoxy) is 1. The summed E-state index contributed by atoms with van der Waals surface area (Å²) in [5, 5.41) is 0. The molecule has 1 saturated heterocycles. The summed E-state index contributed by atoms with van der Waals surface area (Å²) in [6.07, 6.45) is 0.989. The Morgan fingerprint density at radius 2 is 1.83 bits per heavy atom. The maximum absolute atomic E-state index is 12.3. The second kappa shape index (κ2) is 8.71. The van der Waals surface area contributed by atoms with Gasteiger partial charge in [-0.15, -0.1) is 12.4 Å². The lowest BCUT2D eigenvalue weighted by Crippen LogP contribution is -2.33. The van der Waals surface area contributed by atoms with Gasteiger partial charge in [0.2, 0.25) is 0 Å². The van der Waals surface area contributed by atoms with Gasteiger partial charge in [-0.25, -0.2) is 0 Å². The first kappa shape index (κ1) is 18.3. The minimum atomic E-state index is 0. The van der Waals surface area contributed by atoms with E-state index >= 15 is 0 Å². The first-order chi connectivity index (χ1) is 11.3. The lowest BCUT2D eigenvalue weighted by Gasteiger charge is -2.17. The van der Waals surface area contributed by atoms with Crippen LogP contribution in [0, 0.1) is 5.92 Å².